The number of esters is 2. The number of carbonyl (C=O) groups excluding carboxylic acids is 2. The first-order valence-electron chi connectivity index (χ1n) is 6.39. The number of allylic oxidation sites excluding steroid dienone is 2. The molecule has 0 aromatic carbocycles. The molecule has 1 rings (SSSR count). The maximum Gasteiger partial charge on any atom is 0.314 e. The lowest BCUT2D eigenvalue weighted by Crippen LogP contribution is -2.31. The molecule has 0 saturated heterocycles. The van der Waals surface area contributed by atoms with Gasteiger partial charge in [-0.3, -0.25) is 9.59 Å². The van der Waals surface area contributed by atoms with Gasteiger partial charge in [0.2, 0.25) is 0 Å². The second-order valence-corrected chi connectivity index (χ2v) is 4.16. The van der Waals surface area contributed by atoms with E-state index in [1.165, 1.54) is 0 Å². The highest BCUT2D eigenvalue weighted by Gasteiger charge is 2.33. The summed E-state index contributed by atoms with van der Waals surface area (Å²) in [6, 6.07) is 0. The molecule has 0 aliphatic heterocycles. The fraction of sp³-hybridized carbons (Fsp3) is 0.571. The van der Waals surface area contributed by atoms with Crippen LogP contribution < -0.4 is 0 Å². The third-order valence-corrected chi connectivity index (χ3v) is 2.58. The summed E-state index contributed by atoms with van der Waals surface area (Å²) in [7, 11) is 0. The van der Waals surface area contributed by atoms with Crippen LogP contribution in [0, 0.1) is 11.8 Å². The third kappa shape index (κ3) is 4.02. The van der Waals surface area contributed by atoms with Crippen molar-refractivity contribution >= 4 is 11.9 Å². The summed E-state index contributed by atoms with van der Waals surface area (Å²) in [6.07, 6.45) is 8.42. The number of hydrogen-bond donors (Lipinski definition) is 0. The van der Waals surface area contributed by atoms with Crippen LogP contribution in [0.5, 0.6) is 0 Å². The third-order valence-electron chi connectivity index (χ3n) is 2.58. The Balaban J connectivity index is 2.63. The summed E-state index contributed by atoms with van der Waals surface area (Å²) < 4.78 is 10.2. The Hall–Kier alpha value is -1.58. The first kappa shape index (κ1) is 14.5. The zero-order chi connectivity index (χ0) is 13.4. The van der Waals surface area contributed by atoms with E-state index in [0.717, 1.165) is 12.8 Å². The van der Waals surface area contributed by atoms with Crippen molar-refractivity contribution in [3.05, 3.63) is 24.3 Å². The van der Waals surface area contributed by atoms with Crippen molar-refractivity contribution in [1.29, 1.82) is 0 Å². The molecule has 0 heterocycles. The standard InChI is InChI=1S/C14H20O4/c1-3-9-17-13(15)11-7-5-6-8-12(11)14(16)18-10-4-2/h5-8,11-12H,3-4,9-10H2,1-2H3/t11-,12-/m1/s1. The topological polar surface area (TPSA) is 52.6 Å². The van der Waals surface area contributed by atoms with Crippen LogP contribution >= 0.6 is 0 Å². The molecule has 0 radical (unpaired) electrons. The Kier molecular flexibility index (Phi) is 6.19. The van der Waals surface area contributed by atoms with Gasteiger partial charge in [-0.15, -0.1) is 0 Å². The van der Waals surface area contributed by atoms with E-state index in [9.17, 15) is 9.59 Å². The molecule has 0 aromatic heterocycles. The smallest absolute Gasteiger partial charge is 0.314 e. The van der Waals surface area contributed by atoms with Gasteiger partial charge in [-0.05, 0) is 12.8 Å². The lowest BCUT2D eigenvalue weighted by atomic mass is 9.88. The molecular formula is C14H20O4. The first-order valence-corrected chi connectivity index (χ1v) is 6.39. The van der Waals surface area contributed by atoms with Crippen molar-refractivity contribution in [3.63, 3.8) is 0 Å². The summed E-state index contributed by atoms with van der Waals surface area (Å²) in [5, 5.41) is 0. The minimum Gasteiger partial charge on any atom is -0.465 e. The van der Waals surface area contributed by atoms with Gasteiger partial charge in [-0.25, -0.2) is 0 Å². The van der Waals surface area contributed by atoms with E-state index >= 15 is 0 Å². The van der Waals surface area contributed by atoms with Crippen molar-refractivity contribution in [3.8, 4) is 0 Å². The largest absolute Gasteiger partial charge is 0.465 e. The second kappa shape index (κ2) is 7.69. The zero-order valence-corrected chi connectivity index (χ0v) is 10.9. The van der Waals surface area contributed by atoms with E-state index in [2.05, 4.69) is 0 Å². The van der Waals surface area contributed by atoms with E-state index in [1.807, 2.05) is 13.8 Å². The second-order valence-electron chi connectivity index (χ2n) is 4.16. The maximum absolute atomic E-state index is 11.8. The Morgan fingerprint density at radius 1 is 0.889 bits per heavy atom. The highest BCUT2D eigenvalue weighted by Crippen LogP contribution is 2.22. The van der Waals surface area contributed by atoms with Crippen LogP contribution in [0.3, 0.4) is 0 Å². The lowest BCUT2D eigenvalue weighted by Gasteiger charge is -2.21. The quantitative estimate of drug-likeness (QED) is 0.680. The lowest BCUT2D eigenvalue weighted by molar-refractivity contribution is -0.157. The molecule has 4 nitrogen and oxygen atoms in total. The molecule has 0 aromatic rings. The molecule has 0 amide bonds. The summed E-state index contributed by atoms with van der Waals surface area (Å²) >= 11 is 0. The van der Waals surface area contributed by atoms with Gasteiger partial charge in [0.1, 0.15) is 0 Å². The van der Waals surface area contributed by atoms with E-state index in [4.69, 9.17) is 9.47 Å². The Morgan fingerprint density at radius 2 is 1.28 bits per heavy atom. The predicted molar refractivity (Wildman–Crippen MR) is 67.8 cm³/mol. The molecule has 0 bridgehead atoms. The molecule has 0 saturated carbocycles. The minimum absolute atomic E-state index is 0.365. The molecule has 1 aliphatic rings. The highest BCUT2D eigenvalue weighted by molar-refractivity contribution is 5.85. The van der Waals surface area contributed by atoms with Gasteiger partial charge in [-0.2, -0.15) is 0 Å². The van der Waals surface area contributed by atoms with Gasteiger partial charge >= 0.3 is 11.9 Å². The predicted octanol–water partition coefficient (Wildman–Crippen LogP) is 2.25. The molecule has 100 valence electrons. The van der Waals surface area contributed by atoms with Crippen LogP contribution in [0.25, 0.3) is 0 Å². The highest BCUT2D eigenvalue weighted by atomic mass is 16.5. The van der Waals surface area contributed by atoms with E-state index < -0.39 is 11.8 Å². The fourth-order valence-electron chi connectivity index (χ4n) is 1.66. The van der Waals surface area contributed by atoms with Gasteiger partial charge in [0, 0.05) is 0 Å². The first-order chi connectivity index (χ1) is 8.70. The van der Waals surface area contributed by atoms with Crippen molar-refractivity contribution in [2.24, 2.45) is 11.8 Å². The Labute approximate surface area is 108 Å². The van der Waals surface area contributed by atoms with Crippen molar-refractivity contribution in [2.45, 2.75) is 26.7 Å². The number of rotatable bonds is 6. The molecule has 18 heavy (non-hydrogen) atoms. The summed E-state index contributed by atoms with van der Waals surface area (Å²) in [4.78, 5) is 23.7. The Morgan fingerprint density at radius 3 is 1.61 bits per heavy atom. The maximum atomic E-state index is 11.8. The molecule has 0 unspecified atom stereocenters. The van der Waals surface area contributed by atoms with E-state index in [1.54, 1.807) is 24.3 Å². The van der Waals surface area contributed by atoms with Crippen LogP contribution in [-0.4, -0.2) is 25.2 Å². The van der Waals surface area contributed by atoms with Crippen molar-refractivity contribution in [1.82, 2.24) is 0 Å². The van der Waals surface area contributed by atoms with Crippen LogP contribution in [-0.2, 0) is 19.1 Å². The van der Waals surface area contributed by atoms with E-state index in [0.29, 0.717) is 13.2 Å². The molecular weight excluding hydrogens is 232 g/mol. The van der Waals surface area contributed by atoms with Gasteiger partial charge in [0.15, 0.2) is 0 Å². The molecule has 4 heteroatoms. The molecule has 0 spiro atoms. The zero-order valence-electron chi connectivity index (χ0n) is 10.9. The van der Waals surface area contributed by atoms with Gasteiger partial charge in [0.05, 0.1) is 25.0 Å². The van der Waals surface area contributed by atoms with Crippen LogP contribution in [0.2, 0.25) is 0 Å². The molecule has 2 atom stereocenters. The normalized spacial score (nSPS) is 21.7. The van der Waals surface area contributed by atoms with Crippen molar-refractivity contribution in [2.75, 3.05) is 13.2 Å². The number of carbonyl (C=O) groups is 2. The monoisotopic (exact) mass is 252 g/mol. The van der Waals surface area contributed by atoms with Gasteiger partial charge < -0.3 is 9.47 Å². The average Bonchev–Trinajstić information content (AvgIpc) is 2.42. The number of hydrogen-bond acceptors (Lipinski definition) is 4. The number of ether oxygens (including phenoxy) is 2. The van der Waals surface area contributed by atoms with Gasteiger partial charge in [-0.1, -0.05) is 38.2 Å². The van der Waals surface area contributed by atoms with Crippen LogP contribution in [0.15, 0.2) is 24.3 Å². The summed E-state index contributed by atoms with van der Waals surface area (Å²) in [5.74, 6) is -1.86. The van der Waals surface area contributed by atoms with Crippen LogP contribution in [0.4, 0.5) is 0 Å². The fourth-order valence-corrected chi connectivity index (χ4v) is 1.66. The Bertz CT molecular complexity index is 310. The molecule has 0 N–H and O–H groups in total. The van der Waals surface area contributed by atoms with Gasteiger partial charge in [0.25, 0.3) is 0 Å². The molecule has 0 fully saturated rings. The SMILES string of the molecule is CCCOC(=O)[C@@H]1C=CC=C[C@H]1C(=O)OCCC. The van der Waals surface area contributed by atoms with Crippen LogP contribution in [0.1, 0.15) is 26.7 Å². The summed E-state index contributed by atoms with van der Waals surface area (Å²) in [6.45, 7) is 4.61. The summed E-state index contributed by atoms with van der Waals surface area (Å²) in [5.41, 5.74) is 0. The molecule has 1 aliphatic carbocycles. The van der Waals surface area contributed by atoms with E-state index in [-0.39, 0.29) is 11.9 Å². The average molecular weight is 252 g/mol. The minimum atomic E-state index is -0.564. The van der Waals surface area contributed by atoms with Crippen molar-refractivity contribution < 1.29 is 19.1 Å².